The maximum absolute atomic E-state index is 12.4. The van der Waals surface area contributed by atoms with E-state index in [1.807, 2.05) is 54.1 Å². The second kappa shape index (κ2) is 10.8. The van der Waals surface area contributed by atoms with Gasteiger partial charge in [-0.05, 0) is 65.7 Å². The highest BCUT2D eigenvalue weighted by Gasteiger charge is 2.33. The van der Waals surface area contributed by atoms with Crippen molar-refractivity contribution < 1.29 is 22.7 Å². The number of thioether (sulfide) groups is 1. The number of amides is 2. The van der Waals surface area contributed by atoms with Gasteiger partial charge in [-0.25, -0.2) is 4.72 Å². The Hall–Kier alpha value is -3.93. The molecule has 1 saturated heterocycles. The summed E-state index contributed by atoms with van der Waals surface area (Å²) in [6, 6.07) is 22.7. The molecule has 0 bridgehead atoms. The molecule has 2 amide bonds. The molecule has 0 atom stereocenters. The molecule has 0 unspecified atom stereocenters. The predicted molar refractivity (Wildman–Crippen MR) is 148 cm³/mol. The van der Waals surface area contributed by atoms with E-state index in [4.69, 9.17) is 4.74 Å². The van der Waals surface area contributed by atoms with Crippen molar-refractivity contribution >= 4 is 50.7 Å². The van der Waals surface area contributed by atoms with Crippen molar-refractivity contribution in [3.63, 3.8) is 0 Å². The summed E-state index contributed by atoms with van der Waals surface area (Å²) in [5.74, 6) is -0.132. The van der Waals surface area contributed by atoms with Crippen LogP contribution in [-0.4, -0.2) is 36.2 Å². The molecule has 0 aliphatic carbocycles. The number of carbonyl (C=O) groups is 2. The number of carbonyl (C=O) groups excluding carboxylic acids is 2. The van der Waals surface area contributed by atoms with Crippen molar-refractivity contribution in [3.8, 4) is 5.75 Å². The average molecular weight is 549 g/mol. The first kappa shape index (κ1) is 25.7. The van der Waals surface area contributed by atoms with Crippen LogP contribution >= 0.6 is 11.8 Å². The Kier molecular flexibility index (Phi) is 7.32. The van der Waals surface area contributed by atoms with E-state index in [0.29, 0.717) is 22.4 Å². The topological polar surface area (TPSA) is 117 Å². The van der Waals surface area contributed by atoms with Crippen LogP contribution in [0.1, 0.15) is 22.3 Å². The van der Waals surface area contributed by atoms with Crippen LogP contribution in [0.5, 0.6) is 5.75 Å². The molecular weight excluding hydrogens is 524 g/mol. The minimum atomic E-state index is -3.77. The molecule has 2 N–H and O–H groups in total. The number of anilines is 1. The third-order valence-corrected chi connectivity index (χ3v) is 8.08. The van der Waals surface area contributed by atoms with Gasteiger partial charge in [-0.3, -0.25) is 9.59 Å². The molecule has 194 valence electrons. The molecule has 0 spiro atoms. The van der Waals surface area contributed by atoms with E-state index in [2.05, 4.69) is 16.4 Å². The van der Waals surface area contributed by atoms with Gasteiger partial charge in [-0.2, -0.15) is 17.7 Å². The zero-order valence-electron chi connectivity index (χ0n) is 20.4. The highest BCUT2D eigenvalue weighted by Crippen LogP contribution is 2.30. The molecule has 38 heavy (non-hydrogen) atoms. The molecular formula is C27H24N4O5S2. The quantitative estimate of drug-likeness (QED) is 0.431. The smallest absolute Gasteiger partial charge is 0.304 e. The van der Waals surface area contributed by atoms with Gasteiger partial charge in [0, 0.05) is 12.2 Å². The Morgan fingerprint density at radius 1 is 1.05 bits per heavy atom. The number of nitrogens with one attached hydrogen (secondary N) is 2. The van der Waals surface area contributed by atoms with Crippen LogP contribution in [0, 0.1) is 6.92 Å². The van der Waals surface area contributed by atoms with Gasteiger partial charge in [0.25, 0.3) is 5.91 Å². The maximum atomic E-state index is 12.4. The Labute approximate surface area is 224 Å². The summed E-state index contributed by atoms with van der Waals surface area (Å²) in [5, 5.41) is 3.56. The Morgan fingerprint density at radius 2 is 1.82 bits per heavy atom. The molecule has 3 aromatic rings. The Bertz CT molecular complexity index is 1550. The third-order valence-electron chi connectivity index (χ3n) is 5.75. The van der Waals surface area contributed by atoms with E-state index >= 15 is 0 Å². The van der Waals surface area contributed by atoms with Gasteiger partial charge in [0.05, 0.1) is 11.4 Å². The van der Waals surface area contributed by atoms with Crippen LogP contribution in [0.25, 0.3) is 6.08 Å². The van der Waals surface area contributed by atoms with Crippen LogP contribution < -0.4 is 14.8 Å². The van der Waals surface area contributed by atoms with Crippen molar-refractivity contribution in [1.82, 2.24) is 9.03 Å². The van der Waals surface area contributed by atoms with Crippen LogP contribution in [-0.2, 0) is 33.0 Å². The zero-order chi connectivity index (χ0) is 26.7. The minimum absolute atomic E-state index is 0.0815. The maximum Gasteiger partial charge on any atom is 0.304 e. The molecule has 9 nitrogen and oxygen atoms in total. The summed E-state index contributed by atoms with van der Waals surface area (Å²) in [4.78, 5) is 28.4. The number of amidine groups is 1. The van der Waals surface area contributed by atoms with E-state index in [1.165, 1.54) is 17.3 Å². The monoisotopic (exact) mass is 548 g/mol. The Balaban J connectivity index is 1.15. The molecule has 11 heteroatoms. The number of aliphatic imine (C=N–C) groups is 1. The van der Waals surface area contributed by atoms with Gasteiger partial charge in [0.2, 0.25) is 5.91 Å². The third kappa shape index (κ3) is 6.31. The van der Waals surface area contributed by atoms with Gasteiger partial charge in [-0.1, -0.05) is 54.1 Å². The lowest BCUT2D eigenvalue weighted by Crippen LogP contribution is -2.29. The first-order valence-electron chi connectivity index (χ1n) is 11.7. The molecule has 5 rings (SSSR count). The van der Waals surface area contributed by atoms with E-state index in [9.17, 15) is 18.0 Å². The molecule has 2 heterocycles. The van der Waals surface area contributed by atoms with Crippen LogP contribution in [0.2, 0.25) is 0 Å². The summed E-state index contributed by atoms with van der Waals surface area (Å²) in [5.41, 5.74) is 4.56. The van der Waals surface area contributed by atoms with Gasteiger partial charge >= 0.3 is 10.2 Å². The van der Waals surface area contributed by atoms with Crippen molar-refractivity contribution in [3.05, 3.63) is 100.0 Å². The summed E-state index contributed by atoms with van der Waals surface area (Å²) in [7, 11) is -3.77. The number of hydrogen-bond donors (Lipinski definition) is 2. The van der Waals surface area contributed by atoms with E-state index in [-0.39, 0.29) is 19.0 Å². The summed E-state index contributed by atoms with van der Waals surface area (Å²) in [6.45, 7) is 2.41. The van der Waals surface area contributed by atoms with Gasteiger partial charge in [0.15, 0.2) is 5.17 Å². The zero-order valence-corrected chi connectivity index (χ0v) is 22.0. The number of rotatable bonds is 7. The van der Waals surface area contributed by atoms with Gasteiger partial charge < -0.3 is 10.1 Å². The first-order valence-corrected chi connectivity index (χ1v) is 14.0. The van der Waals surface area contributed by atoms with Gasteiger partial charge in [0.1, 0.15) is 12.4 Å². The largest absolute Gasteiger partial charge is 0.489 e. The molecule has 0 radical (unpaired) electrons. The standard InChI is InChI=1S/C27H24N4O5S2/c1-18-3-2-4-21(13-18)17-36-23-11-7-19(8-12-23)14-24-26(33)29-27(37-24)28-22-9-5-20(6-10-22)15-31-16-25(32)30-38(31,34)35/h2-14H,15-17H2,1H3,(H,30,32)(H,28,29,33). The lowest BCUT2D eigenvalue weighted by Gasteiger charge is -2.12. The average Bonchev–Trinajstić information content (AvgIpc) is 3.35. The highest BCUT2D eigenvalue weighted by molar-refractivity contribution is 8.18. The summed E-state index contributed by atoms with van der Waals surface area (Å²) < 4.78 is 32.7. The normalized spacial score (nSPS) is 17.9. The van der Waals surface area contributed by atoms with Crippen molar-refractivity contribution in [2.24, 2.45) is 4.99 Å². The second-order valence-electron chi connectivity index (χ2n) is 8.80. The lowest BCUT2D eigenvalue weighted by molar-refractivity contribution is -0.118. The minimum Gasteiger partial charge on any atom is -0.489 e. The predicted octanol–water partition coefficient (Wildman–Crippen LogP) is 3.83. The number of benzene rings is 3. The van der Waals surface area contributed by atoms with E-state index in [1.54, 1.807) is 30.3 Å². The molecule has 2 aliphatic rings. The second-order valence-corrected chi connectivity index (χ2v) is 11.5. The van der Waals surface area contributed by atoms with Gasteiger partial charge in [-0.15, -0.1) is 0 Å². The molecule has 2 aliphatic heterocycles. The number of hydrogen-bond acceptors (Lipinski definition) is 7. The molecule has 1 fully saturated rings. The lowest BCUT2D eigenvalue weighted by atomic mass is 10.1. The van der Waals surface area contributed by atoms with Crippen molar-refractivity contribution in [2.75, 3.05) is 11.9 Å². The fourth-order valence-electron chi connectivity index (χ4n) is 3.89. The fourth-order valence-corrected chi connectivity index (χ4v) is 5.81. The van der Waals surface area contributed by atoms with E-state index < -0.39 is 16.1 Å². The highest BCUT2D eigenvalue weighted by atomic mass is 32.2. The number of ether oxygens (including phenoxy) is 1. The number of nitrogens with zero attached hydrogens (tertiary/aromatic N) is 2. The SMILES string of the molecule is Cc1cccc(COc2ccc(C=C3SC(Nc4ccc(CN5CC(=O)NS5(=O)=O)cc4)=NC3=O)cc2)c1. The molecule has 0 aromatic heterocycles. The first-order chi connectivity index (χ1) is 18.2. The van der Waals surface area contributed by atoms with Crippen molar-refractivity contribution in [1.29, 1.82) is 0 Å². The van der Waals surface area contributed by atoms with Crippen LogP contribution in [0.4, 0.5) is 5.69 Å². The van der Waals surface area contributed by atoms with E-state index in [0.717, 1.165) is 26.7 Å². The van der Waals surface area contributed by atoms with Crippen LogP contribution in [0.15, 0.2) is 82.7 Å². The van der Waals surface area contributed by atoms with Crippen LogP contribution in [0.3, 0.4) is 0 Å². The molecule has 0 saturated carbocycles. The summed E-state index contributed by atoms with van der Waals surface area (Å²) >= 11 is 1.24. The Morgan fingerprint density at radius 3 is 2.50 bits per heavy atom. The number of aryl methyl sites for hydroxylation is 1. The molecule has 3 aromatic carbocycles. The fraction of sp³-hybridized carbons (Fsp3) is 0.148. The van der Waals surface area contributed by atoms with Crippen molar-refractivity contribution in [2.45, 2.75) is 20.1 Å². The summed E-state index contributed by atoms with van der Waals surface area (Å²) in [6.07, 6.45) is 1.78.